The minimum atomic E-state index is -0.543. The summed E-state index contributed by atoms with van der Waals surface area (Å²) in [6.07, 6.45) is 6.36. The molecule has 1 atom stereocenters. The van der Waals surface area contributed by atoms with Crippen molar-refractivity contribution in [3.05, 3.63) is 24.2 Å². The Kier molecular flexibility index (Phi) is 4.82. The van der Waals surface area contributed by atoms with Crippen molar-refractivity contribution >= 4 is 11.8 Å². The Labute approximate surface area is 119 Å². The molecule has 20 heavy (non-hydrogen) atoms. The van der Waals surface area contributed by atoms with Crippen molar-refractivity contribution in [2.45, 2.75) is 38.6 Å². The van der Waals surface area contributed by atoms with E-state index in [9.17, 15) is 9.59 Å². The summed E-state index contributed by atoms with van der Waals surface area (Å²) in [4.78, 5) is 25.8. The van der Waals surface area contributed by atoms with Crippen LogP contribution in [0.3, 0.4) is 0 Å². The van der Waals surface area contributed by atoms with E-state index in [0.717, 1.165) is 6.54 Å². The van der Waals surface area contributed by atoms with Gasteiger partial charge in [0.1, 0.15) is 6.04 Å². The van der Waals surface area contributed by atoms with Crippen molar-refractivity contribution in [3.8, 4) is 0 Å². The number of carbonyl (C=O) groups is 2. The van der Waals surface area contributed by atoms with Crippen LogP contribution in [0.15, 0.2) is 22.8 Å². The van der Waals surface area contributed by atoms with E-state index in [1.54, 1.807) is 31.0 Å². The average molecular weight is 278 g/mol. The van der Waals surface area contributed by atoms with Crippen LogP contribution in [-0.4, -0.2) is 36.3 Å². The third kappa shape index (κ3) is 3.62. The van der Waals surface area contributed by atoms with E-state index in [4.69, 9.17) is 4.42 Å². The minimum absolute atomic E-state index is 0.0585. The monoisotopic (exact) mass is 278 g/mol. The van der Waals surface area contributed by atoms with E-state index < -0.39 is 6.04 Å². The number of amides is 2. The third-order valence-corrected chi connectivity index (χ3v) is 3.85. The van der Waals surface area contributed by atoms with Gasteiger partial charge in [-0.2, -0.15) is 0 Å². The quantitative estimate of drug-likeness (QED) is 0.896. The lowest BCUT2D eigenvalue weighted by molar-refractivity contribution is -0.132. The van der Waals surface area contributed by atoms with Crippen LogP contribution in [0.1, 0.15) is 43.2 Å². The lowest BCUT2D eigenvalue weighted by atomic mass is 10.1. The Morgan fingerprint density at radius 1 is 1.45 bits per heavy atom. The molecule has 5 heteroatoms. The summed E-state index contributed by atoms with van der Waals surface area (Å²) in [5.41, 5.74) is 0. The fourth-order valence-corrected chi connectivity index (χ4v) is 2.74. The summed E-state index contributed by atoms with van der Waals surface area (Å²) in [6.45, 7) is 2.48. The second kappa shape index (κ2) is 6.59. The fraction of sp³-hybridized carbons (Fsp3) is 0.600. The van der Waals surface area contributed by atoms with Crippen molar-refractivity contribution in [2.75, 3.05) is 13.6 Å². The Morgan fingerprint density at radius 2 is 2.15 bits per heavy atom. The molecule has 110 valence electrons. The largest absolute Gasteiger partial charge is 0.459 e. The van der Waals surface area contributed by atoms with Gasteiger partial charge in [-0.1, -0.05) is 12.8 Å². The highest BCUT2D eigenvalue weighted by molar-refractivity contribution is 5.95. The molecule has 2 rings (SSSR count). The van der Waals surface area contributed by atoms with Crippen molar-refractivity contribution < 1.29 is 14.0 Å². The van der Waals surface area contributed by atoms with Crippen molar-refractivity contribution in [2.24, 2.45) is 5.92 Å². The highest BCUT2D eigenvalue weighted by Gasteiger charge is 2.24. The van der Waals surface area contributed by atoms with Crippen molar-refractivity contribution in [1.29, 1.82) is 0 Å². The molecule has 0 aromatic carbocycles. The molecule has 0 spiro atoms. The first-order valence-electron chi connectivity index (χ1n) is 7.17. The lowest BCUT2D eigenvalue weighted by Crippen LogP contribution is -2.46. The first-order chi connectivity index (χ1) is 9.58. The zero-order chi connectivity index (χ0) is 14.5. The summed E-state index contributed by atoms with van der Waals surface area (Å²) >= 11 is 0. The van der Waals surface area contributed by atoms with E-state index >= 15 is 0 Å². The van der Waals surface area contributed by atoms with Crippen LogP contribution in [0, 0.1) is 5.92 Å². The Morgan fingerprint density at radius 3 is 2.75 bits per heavy atom. The number of rotatable bonds is 5. The number of carbonyl (C=O) groups excluding carboxylic acids is 2. The van der Waals surface area contributed by atoms with Crippen LogP contribution in [0.2, 0.25) is 0 Å². The Hall–Kier alpha value is -1.78. The maximum atomic E-state index is 12.2. The molecular formula is C15H22N2O3. The van der Waals surface area contributed by atoms with Gasteiger partial charge in [-0.3, -0.25) is 9.59 Å². The second-order valence-corrected chi connectivity index (χ2v) is 5.54. The minimum Gasteiger partial charge on any atom is -0.459 e. The molecule has 1 heterocycles. The molecule has 2 amide bonds. The molecule has 1 aromatic heterocycles. The van der Waals surface area contributed by atoms with E-state index in [0.29, 0.717) is 5.92 Å². The van der Waals surface area contributed by atoms with Gasteiger partial charge in [0.2, 0.25) is 5.91 Å². The molecule has 1 unspecified atom stereocenters. The molecule has 0 aliphatic heterocycles. The van der Waals surface area contributed by atoms with Gasteiger partial charge in [0.05, 0.1) is 6.26 Å². The molecule has 1 fully saturated rings. The number of nitrogens with zero attached hydrogens (tertiary/aromatic N) is 1. The van der Waals surface area contributed by atoms with Gasteiger partial charge in [0.25, 0.3) is 5.91 Å². The maximum Gasteiger partial charge on any atom is 0.287 e. The van der Waals surface area contributed by atoms with E-state index in [1.165, 1.54) is 31.9 Å². The van der Waals surface area contributed by atoms with Gasteiger partial charge in [-0.25, -0.2) is 0 Å². The van der Waals surface area contributed by atoms with Crippen LogP contribution in [0.4, 0.5) is 0 Å². The average Bonchev–Trinajstić information content (AvgIpc) is 3.10. The second-order valence-electron chi connectivity index (χ2n) is 5.54. The molecule has 1 aliphatic rings. The molecule has 0 radical (unpaired) electrons. The first kappa shape index (κ1) is 14.6. The van der Waals surface area contributed by atoms with Crippen LogP contribution in [0.5, 0.6) is 0 Å². The molecule has 1 aromatic rings. The Bertz CT molecular complexity index is 450. The standard InChI is InChI=1S/C15H22N2O3/c1-11(16-14(18)13-8-5-9-20-13)15(19)17(2)10-12-6-3-4-7-12/h5,8-9,11-12H,3-4,6-7,10H2,1-2H3,(H,16,18). The summed E-state index contributed by atoms with van der Waals surface area (Å²) in [6, 6.07) is 2.68. The SMILES string of the molecule is CC(NC(=O)c1ccco1)C(=O)N(C)CC1CCCC1. The molecule has 0 saturated heterocycles. The number of furan rings is 1. The number of hydrogen-bond acceptors (Lipinski definition) is 3. The summed E-state index contributed by atoms with van der Waals surface area (Å²) in [5.74, 6) is 0.418. The van der Waals surface area contributed by atoms with E-state index in [-0.39, 0.29) is 17.6 Å². The molecule has 5 nitrogen and oxygen atoms in total. The van der Waals surface area contributed by atoms with Crippen molar-refractivity contribution in [3.63, 3.8) is 0 Å². The number of nitrogens with one attached hydrogen (secondary N) is 1. The van der Waals surface area contributed by atoms with Gasteiger partial charge in [-0.15, -0.1) is 0 Å². The van der Waals surface area contributed by atoms with Crippen molar-refractivity contribution in [1.82, 2.24) is 10.2 Å². The zero-order valence-corrected chi connectivity index (χ0v) is 12.1. The van der Waals surface area contributed by atoms with Gasteiger partial charge >= 0.3 is 0 Å². The van der Waals surface area contributed by atoms with Gasteiger partial charge in [-0.05, 0) is 37.8 Å². The smallest absolute Gasteiger partial charge is 0.287 e. The fourth-order valence-electron chi connectivity index (χ4n) is 2.74. The summed E-state index contributed by atoms with van der Waals surface area (Å²) in [7, 11) is 1.80. The molecule has 0 bridgehead atoms. The molecule has 1 N–H and O–H groups in total. The van der Waals surface area contributed by atoms with E-state index in [2.05, 4.69) is 5.32 Å². The molecular weight excluding hydrogens is 256 g/mol. The van der Waals surface area contributed by atoms with Gasteiger partial charge in [0, 0.05) is 13.6 Å². The molecule has 1 aliphatic carbocycles. The van der Waals surface area contributed by atoms with Crippen LogP contribution >= 0.6 is 0 Å². The normalized spacial score (nSPS) is 16.9. The van der Waals surface area contributed by atoms with Crippen LogP contribution in [0.25, 0.3) is 0 Å². The lowest BCUT2D eigenvalue weighted by Gasteiger charge is -2.24. The summed E-state index contributed by atoms with van der Waals surface area (Å²) < 4.78 is 5.01. The van der Waals surface area contributed by atoms with Gasteiger partial charge < -0.3 is 14.6 Å². The third-order valence-electron chi connectivity index (χ3n) is 3.85. The first-order valence-corrected chi connectivity index (χ1v) is 7.17. The van der Waals surface area contributed by atoms with E-state index in [1.807, 2.05) is 0 Å². The topological polar surface area (TPSA) is 62.6 Å². The van der Waals surface area contributed by atoms with Crippen LogP contribution < -0.4 is 5.32 Å². The Balaban J connectivity index is 1.82. The number of hydrogen-bond donors (Lipinski definition) is 1. The number of likely N-dealkylation sites (N-methyl/N-ethyl adjacent to an activating group) is 1. The van der Waals surface area contributed by atoms with Gasteiger partial charge in [0.15, 0.2) is 5.76 Å². The summed E-state index contributed by atoms with van der Waals surface area (Å²) in [5, 5.41) is 2.66. The predicted octanol–water partition coefficient (Wildman–Crippen LogP) is 2.05. The van der Waals surface area contributed by atoms with Crippen LogP contribution in [-0.2, 0) is 4.79 Å². The highest BCUT2D eigenvalue weighted by Crippen LogP contribution is 2.25. The predicted molar refractivity (Wildman–Crippen MR) is 75.2 cm³/mol. The maximum absolute atomic E-state index is 12.2. The highest BCUT2D eigenvalue weighted by atomic mass is 16.3. The molecule has 1 saturated carbocycles. The zero-order valence-electron chi connectivity index (χ0n) is 12.1.